The summed E-state index contributed by atoms with van der Waals surface area (Å²) in [6.45, 7) is 3.70. The molecule has 3 heteroatoms. The lowest BCUT2D eigenvalue weighted by molar-refractivity contribution is -0.121. The average molecular weight is 261 g/mol. The second kappa shape index (κ2) is 6.83. The Balaban J connectivity index is 1.83. The van der Waals surface area contributed by atoms with E-state index < -0.39 is 0 Å². The number of carbonyl (C=O) groups excluding carboxylic acids is 1. The molecular weight excluding hydrogens is 238 g/mol. The number of nitrogens with zero attached hydrogens (tertiary/aromatic N) is 1. The standard InChI is InChI=1S/C16H23NO2/c1-13-10-16(19-2)8-9-17(13)12-15(18)11-14-6-4-3-5-7-14/h3-7,13,16H,8-12H2,1-2H3. The van der Waals surface area contributed by atoms with Crippen molar-refractivity contribution < 1.29 is 9.53 Å². The third kappa shape index (κ3) is 4.15. The Morgan fingerprint density at radius 1 is 1.37 bits per heavy atom. The minimum atomic E-state index is 0.300. The molecule has 1 aromatic carbocycles. The maximum atomic E-state index is 12.1. The van der Waals surface area contributed by atoms with Gasteiger partial charge in [-0.3, -0.25) is 9.69 Å². The fourth-order valence-corrected chi connectivity index (χ4v) is 2.73. The van der Waals surface area contributed by atoms with E-state index in [4.69, 9.17) is 4.74 Å². The van der Waals surface area contributed by atoms with E-state index in [1.807, 2.05) is 30.3 Å². The van der Waals surface area contributed by atoms with E-state index in [9.17, 15) is 4.79 Å². The molecule has 2 unspecified atom stereocenters. The summed E-state index contributed by atoms with van der Waals surface area (Å²) in [7, 11) is 1.77. The van der Waals surface area contributed by atoms with Crippen molar-refractivity contribution in [3.05, 3.63) is 35.9 Å². The summed E-state index contributed by atoms with van der Waals surface area (Å²) in [6, 6.07) is 10.4. The first-order valence-corrected chi connectivity index (χ1v) is 7.01. The number of ketones is 1. The zero-order chi connectivity index (χ0) is 13.7. The lowest BCUT2D eigenvalue weighted by Crippen LogP contribution is -2.45. The topological polar surface area (TPSA) is 29.5 Å². The highest BCUT2D eigenvalue weighted by atomic mass is 16.5. The van der Waals surface area contributed by atoms with Gasteiger partial charge in [0.25, 0.3) is 0 Å². The van der Waals surface area contributed by atoms with Crippen LogP contribution in [0.15, 0.2) is 30.3 Å². The van der Waals surface area contributed by atoms with Crippen molar-refractivity contribution in [2.24, 2.45) is 0 Å². The Morgan fingerprint density at radius 3 is 2.74 bits per heavy atom. The zero-order valence-corrected chi connectivity index (χ0v) is 11.8. The molecule has 1 heterocycles. The molecular formula is C16H23NO2. The van der Waals surface area contributed by atoms with E-state index in [0.29, 0.717) is 30.9 Å². The van der Waals surface area contributed by atoms with Crippen LogP contribution in [0, 0.1) is 0 Å². The number of ether oxygens (including phenoxy) is 1. The molecule has 2 atom stereocenters. The first kappa shape index (κ1) is 14.2. The van der Waals surface area contributed by atoms with Crippen molar-refractivity contribution in [1.82, 2.24) is 4.90 Å². The van der Waals surface area contributed by atoms with Gasteiger partial charge in [-0.1, -0.05) is 30.3 Å². The number of methoxy groups -OCH3 is 1. The minimum Gasteiger partial charge on any atom is -0.381 e. The van der Waals surface area contributed by atoms with Gasteiger partial charge in [0.2, 0.25) is 0 Å². The summed E-state index contributed by atoms with van der Waals surface area (Å²) >= 11 is 0. The third-order valence-corrected chi connectivity index (χ3v) is 3.92. The van der Waals surface area contributed by atoms with E-state index in [0.717, 1.165) is 24.9 Å². The molecule has 1 fully saturated rings. The number of piperidine rings is 1. The van der Waals surface area contributed by atoms with Gasteiger partial charge < -0.3 is 4.74 Å². The molecule has 0 spiro atoms. The smallest absolute Gasteiger partial charge is 0.151 e. The monoisotopic (exact) mass is 261 g/mol. The zero-order valence-electron chi connectivity index (χ0n) is 11.8. The quantitative estimate of drug-likeness (QED) is 0.814. The van der Waals surface area contributed by atoms with Gasteiger partial charge in [0.05, 0.1) is 12.6 Å². The Morgan fingerprint density at radius 2 is 2.11 bits per heavy atom. The van der Waals surface area contributed by atoms with Gasteiger partial charge in [0, 0.05) is 26.1 Å². The molecule has 0 saturated carbocycles. The maximum Gasteiger partial charge on any atom is 0.151 e. The van der Waals surface area contributed by atoms with Crippen LogP contribution in [0.2, 0.25) is 0 Å². The Hall–Kier alpha value is -1.19. The molecule has 0 N–H and O–H groups in total. The van der Waals surface area contributed by atoms with Crippen LogP contribution in [-0.4, -0.2) is 43.0 Å². The molecule has 19 heavy (non-hydrogen) atoms. The van der Waals surface area contributed by atoms with Crippen molar-refractivity contribution in [3.63, 3.8) is 0 Å². The molecule has 0 amide bonds. The van der Waals surface area contributed by atoms with Gasteiger partial charge in [0.1, 0.15) is 0 Å². The van der Waals surface area contributed by atoms with Crippen LogP contribution < -0.4 is 0 Å². The number of hydrogen-bond acceptors (Lipinski definition) is 3. The lowest BCUT2D eigenvalue weighted by atomic mass is 9.99. The van der Waals surface area contributed by atoms with Gasteiger partial charge in [-0.2, -0.15) is 0 Å². The third-order valence-electron chi connectivity index (χ3n) is 3.92. The highest BCUT2D eigenvalue weighted by Crippen LogP contribution is 2.19. The minimum absolute atomic E-state index is 0.300. The Labute approximate surface area is 115 Å². The normalized spacial score (nSPS) is 24.3. The van der Waals surface area contributed by atoms with Gasteiger partial charge in [0.15, 0.2) is 5.78 Å². The van der Waals surface area contributed by atoms with Crippen LogP contribution in [0.3, 0.4) is 0 Å². The molecule has 104 valence electrons. The average Bonchev–Trinajstić information content (AvgIpc) is 2.42. The fraction of sp³-hybridized carbons (Fsp3) is 0.562. The summed E-state index contributed by atoms with van der Waals surface area (Å²) in [6.07, 6.45) is 2.95. The summed E-state index contributed by atoms with van der Waals surface area (Å²) in [5.41, 5.74) is 1.10. The highest BCUT2D eigenvalue weighted by molar-refractivity contribution is 5.82. The molecule has 3 nitrogen and oxygen atoms in total. The predicted octanol–water partition coefficient (Wildman–Crippen LogP) is 2.30. The second-order valence-corrected chi connectivity index (χ2v) is 5.40. The fourth-order valence-electron chi connectivity index (χ4n) is 2.73. The SMILES string of the molecule is COC1CCN(CC(=O)Cc2ccccc2)C(C)C1. The predicted molar refractivity (Wildman–Crippen MR) is 76.2 cm³/mol. The van der Waals surface area contributed by atoms with Gasteiger partial charge in [-0.25, -0.2) is 0 Å². The van der Waals surface area contributed by atoms with E-state index in [2.05, 4.69) is 11.8 Å². The maximum absolute atomic E-state index is 12.1. The summed E-state index contributed by atoms with van der Waals surface area (Å²) in [4.78, 5) is 14.4. The number of likely N-dealkylation sites (tertiary alicyclic amines) is 1. The molecule has 1 aliphatic rings. The number of carbonyl (C=O) groups is 1. The number of rotatable bonds is 5. The van der Waals surface area contributed by atoms with Gasteiger partial charge >= 0.3 is 0 Å². The second-order valence-electron chi connectivity index (χ2n) is 5.40. The number of Topliss-reactive ketones (excluding diaryl/α,β-unsaturated/α-hetero) is 1. The molecule has 0 aromatic heterocycles. The van der Waals surface area contributed by atoms with E-state index in [1.165, 1.54) is 0 Å². The van der Waals surface area contributed by atoms with Crippen molar-refractivity contribution in [3.8, 4) is 0 Å². The van der Waals surface area contributed by atoms with Crippen LogP contribution in [0.25, 0.3) is 0 Å². The summed E-state index contributed by atoms with van der Waals surface area (Å²) in [5.74, 6) is 0.300. The molecule has 0 bridgehead atoms. The van der Waals surface area contributed by atoms with Crippen LogP contribution in [-0.2, 0) is 16.0 Å². The first-order valence-electron chi connectivity index (χ1n) is 7.01. The van der Waals surface area contributed by atoms with Crippen molar-refractivity contribution in [2.75, 3.05) is 20.2 Å². The molecule has 1 saturated heterocycles. The van der Waals surface area contributed by atoms with E-state index in [-0.39, 0.29) is 0 Å². The van der Waals surface area contributed by atoms with Gasteiger partial charge in [-0.15, -0.1) is 0 Å². The molecule has 1 aliphatic heterocycles. The molecule has 0 radical (unpaired) electrons. The molecule has 2 rings (SSSR count). The Bertz CT molecular complexity index is 404. The number of benzene rings is 1. The van der Waals surface area contributed by atoms with Crippen LogP contribution in [0.4, 0.5) is 0 Å². The molecule has 1 aromatic rings. The first-order chi connectivity index (χ1) is 9.19. The van der Waals surface area contributed by atoms with Crippen LogP contribution in [0.5, 0.6) is 0 Å². The molecule has 0 aliphatic carbocycles. The van der Waals surface area contributed by atoms with Gasteiger partial charge in [-0.05, 0) is 25.3 Å². The Kier molecular flexibility index (Phi) is 5.11. The van der Waals surface area contributed by atoms with E-state index >= 15 is 0 Å². The van der Waals surface area contributed by atoms with Crippen molar-refractivity contribution >= 4 is 5.78 Å². The van der Waals surface area contributed by atoms with Crippen molar-refractivity contribution in [1.29, 1.82) is 0 Å². The number of hydrogen-bond donors (Lipinski definition) is 0. The summed E-state index contributed by atoms with van der Waals surface area (Å²) < 4.78 is 5.40. The summed E-state index contributed by atoms with van der Waals surface area (Å²) in [5, 5.41) is 0. The highest BCUT2D eigenvalue weighted by Gasteiger charge is 2.26. The van der Waals surface area contributed by atoms with Crippen LogP contribution in [0.1, 0.15) is 25.3 Å². The lowest BCUT2D eigenvalue weighted by Gasteiger charge is -2.36. The van der Waals surface area contributed by atoms with Crippen LogP contribution >= 0.6 is 0 Å². The van der Waals surface area contributed by atoms with Crippen molar-refractivity contribution in [2.45, 2.75) is 38.3 Å². The largest absolute Gasteiger partial charge is 0.381 e. The van der Waals surface area contributed by atoms with E-state index in [1.54, 1.807) is 7.11 Å².